The van der Waals surface area contributed by atoms with Gasteiger partial charge in [-0.05, 0) is 54.9 Å². The molecule has 0 saturated carbocycles. The number of hydrogen-bond donors (Lipinski definition) is 1. The summed E-state index contributed by atoms with van der Waals surface area (Å²) in [4.78, 5) is 4.87. The highest BCUT2D eigenvalue weighted by Crippen LogP contribution is 2.44. The van der Waals surface area contributed by atoms with Gasteiger partial charge in [0.05, 0.1) is 24.9 Å². The maximum atomic E-state index is 14.4. The van der Waals surface area contributed by atoms with Gasteiger partial charge in [0.1, 0.15) is 11.6 Å². The molecule has 1 aliphatic heterocycles. The SMILES string of the molecule is COc1cc2c(cc1C1CCOCC1)c(N[C@H](C)c1cccc3c1CCC3(F)F)nc1ccnn12. The van der Waals surface area contributed by atoms with Gasteiger partial charge in [0.15, 0.2) is 5.65 Å². The van der Waals surface area contributed by atoms with Crippen molar-refractivity contribution in [2.24, 2.45) is 0 Å². The maximum Gasteiger partial charge on any atom is 0.273 e. The Kier molecular flexibility index (Phi) is 5.36. The van der Waals surface area contributed by atoms with E-state index in [0.29, 0.717) is 23.8 Å². The van der Waals surface area contributed by atoms with Crippen LogP contribution in [0.2, 0.25) is 0 Å². The number of methoxy groups -OCH3 is 1. The van der Waals surface area contributed by atoms with Crippen molar-refractivity contribution in [2.45, 2.75) is 50.5 Å². The molecule has 6 rings (SSSR count). The Hall–Kier alpha value is -3.26. The second-order valence-electron chi connectivity index (χ2n) is 9.50. The van der Waals surface area contributed by atoms with Crippen LogP contribution in [-0.4, -0.2) is 34.9 Å². The van der Waals surface area contributed by atoms with Crippen molar-refractivity contribution in [2.75, 3.05) is 25.6 Å². The third kappa shape index (κ3) is 3.71. The van der Waals surface area contributed by atoms with Crippen molar-refractivity contribution in [1.82, 2.24) is 14.6 Å². The molecule has 1 N–H and O–H groups in total. The van der Waals surface area contributed by atoms with Crippen LogP contribution in [0.1, 0.15) is 60.4 Å². The maximum absolute atomic E-state index is 14.4. The summed E-state index contributed by atoms with van der Waals surface area (Å²) in [5, 5.41) is 8.94. The second-order valence-corrected chi connectivity index (χ2v) is 9.50. The number of alkyl halides is 2. The van der Waals surface area contributed by atoms with E-state index in [-0.39, 0.29) is 18.0 Å². The minimum Gasteiger partial charge on any atom is -0.496 e. The molecule has 0 bridgehead atoms. The smallest absolute Gasteiger partial charge is 0.273 e. The van der Waals surface area contributed by atoms with E-state index in [4.69, 9.17) is 14.5 Å². The molecule has 1 atom stereocenters. The number of rotatable bonds is 5. The second kappa shape index (κ2) is 8.45. The topological polar surface area (TPSA) is 60.7 Å². The largest absolute Gasteiger partial charge is 0.496 e. The van der Waals surface area contributed by atoms with Gasteiger partial charge in [-0.15, -0.1) is 0 Å². The zero-order chi connectivity index (χ0) is 24.2. The molecule has 2 aliphatic rings. The molecule has 1 aliphatic carbocycles. The van der Waals surface area contributed by atoms with Crippen LogP contribution in [0.3, 0.4) is 0 Å². The molecule has 1 saturated heterocycles. The molecule has 3 heterocycles. The lowest BCUT2D eigenvalue weighted by atomic mass is 9.90. The number of nitrogens with zero attached hydrogens (tertiary/aromatic N) is 3. The van der Waals surface area contributed by atoms with Gasteiger partial charge in [-0.1, -0.05) is 18.2 Å². The summed E-state index contributed by atoms with van der Waals surface area (Å²) in [5.41, 5.74) is 4.51. The molecule has 0 radical (unpaired) electrons. The van der Waals surface area contributed by atoms with Gasteiger partial charge in [0, 0.05) is 42.7 Å². The van der Waals surface area contributed by atoms with Gasteiger partial charge in [0.2, 0.25) is 0 Å². The van der Waals surface area contributed by atoms with Gasteiger partial charge in [-0.3, -0.25) is 0 Å². The highest BCUT2D eigenvalue weighted by molar-refractivity contribution is 5.93. The molecule has 8 heteroatoms. The van der Waals surface area contributed by atoms with Gasteiger partial charge in [-0.25, -0.2) is 18.3 Å². The van der Waals surface area contributed by atoms with Crippen molar-refractivity contribution < 1.29 is 18.3 Å². The standard InChI is InChI=1S/C27H28F2N4O2/c1-16(18-4-3-5-22-19(18)6-10-27(22,28)29)31-26-21-14-20(17-8-12-35-13-9-17)24(34-2)15-23(21)33-25(32-26)7-11-30-33/h3-5,7,11,14-17H,6,8-10,12-13H2,1-2H3,(H,31,32)/t16-/m1/s1. The molecule has 4 aromatic rings. The van der Waals surface area contributed by atoms with E-state index in [1.54, 1.807) is 25.4 Å². The van der Waals surface area contributed by atoms with E-state index < -0.39 is 5.92 Å². The predicted octanol–water partition coefficient (Wildman–Crippen LogP) is 6.00. The first-order valence-corrected chi connectivity index (χ1v) is 12.2. The highest BCUT2D eigenvalue weighted by Gasteiger charge is 2.40. The third-order valence-electron chi connectivity index (χ3n) is 7.46. The normalized spacial score (nSPS) is 18.6. The average molecular weight is 479 g/mol. The minimum atomic E-state index is -2.76. The lowest BCUT2D eigenvalue weighted by Crippen LogP contribution is -2.15. The number of halogens is 2. The first-order valence-electron chi connectivity index (χ1n) is 12.2. The molecule has 0 unspecified atom stereocenters. The Morgan fingerprint density at radius 2 is 2.03 bits per heavy atom. The number of hydrogen-bond acceptors (Lipinski definition) is 5. The molecule has 0 amide bonds. The summed E-state index contributed by atoms with van der Waals surface area (Å²) >= 11 is 0. The molecule has 0 spiro atoms. The quantitative estimate of drug-likeness (QED) is 0.381. The first kappa shape index (κ1) is 22.2. The zero-order valence-electron chi connectivity index (χ0n) is 19.9. The molecule has 6 nitrogen and oxygen atoms in total. The van der Waals surface area contributed by atoms with Crippen LogP contribution in [0.4, 0.5) is 14.6 Å². The Balaban J connectivity index is 1.47. The van der Waals surface area contributed by atoms with E-state index in [0.717, 1.165) is 59.4 Å². The van der Waals surface area contributed by atoms with E-state index in [1.165, 1.54) is 0 Å². The minimum absolute atomic E-state index is 0.136. The zero-order valence-corrected chi connectivity index (χ0v) is 19.9. The fourth-order valence-corrected chi connectivity index (χ4v) is 5.64. The van der Waals surface area contributed by atoms with Crippen LogP contribution in [0.5, 0.6) is 5.75 Å². The first-order chi connectivity index (χ1) is 17.0. The summed E-state index contributed by atoms with van der Waals surface area (Å²) in [6, 6.07) is 11.1. The van der Waals surface area contributed by atoms with Crippen molar-refractivity contribution in [1.29, 1.82) is 0 Å². The molecule has 35 heavy (non-hydrogen) atoms. The number of benzene rings is 2. The summed E-state index contributed by atoms with van der Waals surface area (Å²) in [7, 11) is 1.69. The fourth-order valence-electron chi connectivity index (χ4n) is 5.64. The Bertz CT molecular complexity index is 1410. The number of ether oxygens (including phenoxy) is 2. The Labute approximate surface area is 202 Å². The van der Waals surface area contributed by atoms with Crippen molar-refractivity contribution >= 4 is 22.4 Å². The van der Waals surface area contributed by atoms with Crippen LogP contribution < -0.4 is 10.1 Å². The molecule has 2 aromatic carbocycles. The van der Waals surface area contributed by atoms with Gasteiger partial charge in [0.25, 0.3) is 5.92 Å². The summed E-state index contributed by atoms with van der Waals surface area (Å²) < 4.78 is 41.9. The number of aromatic nitrogens is 3. The Morgan fingerprint density at radius 3 is 2.83 bits per heavy atom. The van der Waals surface area contributed by atoms with Crippen molar-refractivity contribution in [3.8, 4) is 5.75 Å². The van der Waals surface area contributed by atoms with E-state index >= 15 is 0 Å². The van der Waals surface area contributed by atoms with E-state index in [1.807, 2.05) is 29.6 Å². The lowest BCUT2D eigenvalue weighted by Gasteiger charge is -2.25. The van der Waals surface area contributed by atoms with Crippen LogP contribution in [0.25, 0.3) is 16.6 Å². The Morgan fingerprint density at radius 1 is 1.20 bits per heavy atom. The van der Waals surface area contributed by atoms with Crippen molar-refractivity contribution in [3.05, 3.63) is 64.8 Å². The predicted molar refractivity (Wildman–Crippen MR) is 131 cm³/mol. The molecule has 2 aromatic heterocycles. The molecule has 1 fully saturated rings. The third-order valence-corrected chi connectivity index (χ3v) is 7.46. The molecule has 182 valence electrons. The van der Waals surface area contributed by atoms with E-state index in [2.05, 4.69) is 16.5 Å². The van der Waals surface area contributed by atoms with Gasteiger partial charge < -0.3 is 14.8 Å². The number of nitrogens with one attached hydrogen (secondary N) is 1. The van der Waals surface area contributed by atoms with E-state index in [9.17, 15) is 8.78 Å². The summed E-state index contributed by atoms with van der Waals surface area (Å²) in [6.07, 6.45) is 3.83. The lowest BCUT2D eigenvalue weighted by molar-refractivity contribution is -0.00184. The summed E-state index contributed by atoms with van der Waals surface area (Å²) in [5.74, 6) is -0.892. The van der Waals surface area contributed by atoms with Gasteiger partial charge >= 0.3 is 0 Å². The monoisotopic (exact) mass is 478 g/mol. The molecular formula is C27H28F2N4O2. The fraction of sp³-hybridized carbons (Fsp3) is 0.407. The number of fused-ring (bicyclic) bond motifs is 4. The van der Waals surface area contributed by atoms with Crippen LogP contribution in [-0.2, 0) is 17.1 Å². The van der Waals surface area contributed by atoms with Crippen LogP contribution in [0.15, 0.2) is 42.6 Å². The average Bonchev–Trinajstić information content (AvgIpc) is 3.47. The van der Waals surface area contributed by atoms with Crippen LogP contribution in [0, 0.1) is 0 Å². The highest BCUT2D eigenvalue weighted by atomic mass is 19.3. The molecular weight excluding hydrogens is 450 g/mol. The van der Waals surface area contributed by atoms with Gasteiger partial charge in [-0.2, -0.15) is 5.10 Å². The number of anilines is 1. The van der Waals surface area contributed by atoms with Crippen LogP contribution >= 0.6 is 0 Å². The van der Waals surface area contributed by atoms with Crippen molar-refractivity contribution in [3.63, 3.8) is 0 Å². The summed E-state index contributed by atoms with van der Waals surface area (Å²) in [6.45, 7) is 3.46.